The van der Waals surface area contributed by atoms with Crippen LogP contribution >= 0.6 is 0 Å². The summed E-state index contributed by atoms with van der Waals surface area (Å²) in [6.07, 6.45) is 3.43. The third kappa shape index (κ3) is 3.09. The summed E-state index contributed by atoms with van der Waals surface area (Å²) < 4.78 is 10.2. The average Bonchev–Trinajstić information content (AvgIpc) is 2.72. The number of anilines is 1. The summed E-state index contributed by atoms with van der Waals surface area (Å²) in [6, 6.07) is 0.964. The Labute approximate surface area is 117 Å². The van der Waals surface area contributed by atoms with Gasteiger partial charge in [0, 0.05) is 6.54 Å². The van der Waals surface area contributed by atoms with E-state index in [1.165, 1.54) is 14.2 Å². The van der Waals surface area contributed by atoms with Gasteiger partial charge in [-0.25, -0.2) is 4.79 Å². The Morgan fingerprint density at radius 3 is 2.45 bits per heavy atom. The molecule has 1 fully saturated rings. The number of methoxy groups -OCH3 is 2. The molecule has 1 aliphatic heterocycles. The third-order valence-electron chi connectivity index (χ3n) is 3.38. The summed E-state index contributed by atoms with van der Waals surface area (Å²) in [4.78, 5) is 21.7. The molecule has 2 heterocycles. The molecule has 1 unspecified atom stereocenters. The van der Waals surface area contributed by atoms with Crippen molar-refractivity contribution in [2.75, 3.05) is 25.7 Å². The molecule has 110 valence electrons. The Bertz CT molecular complexity index is 458. The fourth-order valence-electron chi connectivity index (χ4n) is 2.33. The van der Waals surface area contributed by atoms with E-state index in [2.05, 4.69) is 9.97 Å². The molecule has 1 saturated heterocycles. The molecule has 20 heavy (non-hydrogen) atoms. The largest absolute Gasteiger partial charge is 0.481 e. The van der Waals surface area contributed by atoms with Gasteiger partial charge in [-0.3, -0.25) is 0 Å². The van der Waals surface area contributed by atoms with Crippen LogP contribution in [-0.2, 0) is 4.79 Å². The van der Waals surface area contributed by atoms with Crippen molar-refractivity contribution in [2.45, 2.75) is 31.7 Å². The standard InChI is InChI=1S/C13H19N3O4/c1-19-10-8-11(20-2)15-13(14-10)16-7-5-3-4-6-9(16)12(17)18/h8-9H,3-7H2,1-2H3,(H,17,18). The van der Waals surface area contributed by atoms with E-state index in [-0.39, 0.29) is 0 Å². The summed E-state index contributed by atoms with van der Waals surface area (Å²) in [6.45, 7) is 0.618. The topological polar surface area (TPSA) is 84.8 Å². The molecule has 1 aromatic heterocycles. The zero-order valence-electron chi connectivity index (χ0n) is 11.7. The summed E-state index contributed by atoms with van der Waals surface area (Å²) in [5, 5.41) is 9.39. The molecule has 0 spiro atoms. The van der Waals surface area contributed by atoms with Crippen LogP contribution in [0.15, 0.2) is 6.07 Å². The zero-order chi connectivity index (χ0) is 14.5. The van der Waals surface area contributed by atoms with Crippen LogP contribution in [-0.4, -0.2) is 47.8 Å². The molecule has 0 amide bonds. The van der Waals surface area contributed by atoms with Crippen molar-refractivity contribution in [3.63, 3.8) is 0 Å². The molecule has 0 bridgehead atoms. The maximum atomic E-state index is 11.4. The predicted molar refractivity (Wildman–Crippen MR) is 72.4 cm³/mol. The number of ether oxygens (including phenoxy) is 2. The van der Waals surface area contributed by atoms with Gasteiger partial charge in [0.1, 0.15) is 6.04 Å². The van der Waals surface area contributed by atoms with Crippen molar-refractivity contribution in [2.24, 2.45) is 0 Å². The maximum Gasteiger partial charge on any atom is 0.326 e. The first-order valence-corrected chi connectivity index (χ1v) is 6.62. The minimum atomic E-state index is -0.850. The Balaban J connectivity index is 2.37. The van der Waals surface area contributed by atoms with E-state index in [0.29, 0.717) is 30.7 Å². The minimum absolute atomic E-state index is 0.343. The van der Waals surface area contributed by atoms with Crippen LogP contribution in [0.1, 0.15) is 25.7 Å². The Kier molecular flexibility index (Phi) is 4.60. The lowest BCUT2D eigenvalue weighted by atomic mass is 10.1. The molecule has 7 nitrogen and oxygen atoms in total. The van der Waals surface area contributed by atoms with E-state index in [0.717, 1.165) is 19.3 Å². The van der Waals surface area contributed by atoms with E-state index in [9.17, 15) is 9.90 Å². The summed E-state index contributed by atoms with van der Waals surface area (Å²) in [5.41, 5.74) is 0. The normalized spacial score (nSPS) is 19.3. The van der Waals surface area contributed by atoms with Gasteiger partial charge in [0.2, 0.25) is 17.7 Å². The summed E-state index contributed by atoms with van der Waals surface area (Å²) in [7, 11) is 3.01. The molecule has 7 heteroatoms. The van der Waals surface area contributed by atoms with Crippen LogP contribution in [0.25, 0.3) is 0 Å². The first-order valence-electron chi connectivity index (χ1n) is 6.62. The van der Waals surface area contributed by atoms with E-state index >= 15 is 0 Å². The number of hydrogen-bond acceptors (Lipinski definition) is 6. The fraction of sp³-hybridized carbons (Fsp3) is 0.615. The second-order valence-corrected chi connectivity index (χ2v) is 4.65. The van der Waals surface area contributed by atoms with Gasteiger partial charge in [-0.2, -0.15) is 9.97 Å². The van der Waals surface area contributed by atoms with Gasteiger partial charge in [-0.1, -0.05) is 12.8 Å². The molecule has 0 radical (unpaired) electrons. The molecular formula is C13H19N3O4. The van der Waals surface area contributed by atoms with Gasteiger partial charge in [0.05, 0.1) is 20.3 Å². The van der Waals surface area contributed by atoms with Gasteiger partial charge < -0.3 is 19.5 Å². The average molecular weight is 281 g/mol. The maximum absolute atomic E-state index is 11.4. The molecule has 1 N–H and O–H groups in total. The van der Waals surface area contributed by atoms with Crippen LogP contribution in [0, 0.1) is 0 Å². The van der Waals surface area contributed by atoms with Crippen molar-refractivity contribution in [3.05, 3.63) is 6.07 Å². The number of carboxylic acid groups (broad SMARTS) is 1. The molecule has 0 aliphatic carbocycles. The first kappa shape index (κ1) is 14.4. The van der Waals surface area contributed by atoms with Crippen molar-refractivity contribution < 1.29 is 19.4 Å². The monoisotopic (exact) mass is 281 g/mol. The number of carboxylic acids is 1. The lowest BCUT2D eigenvalue weighted by molar-refractivity contribution is -0.138. The van der Waals surface area contributed by atoms with E-state index in [1.807, 2.05) is 0 Å². The van der Waals surface area contributed by atoms with Gasteiger partial charge in [-0.05, 0) is 12.8 Å². The van der Waals surface area contributed by atoms with Crippen molar-refractivity contribution in [1.29, 1.82) is 0 Å². The molecule has 1 aromatic rings. The predicted octanol–water partition coefficient (Wildman–Crippen LogP) is 1.33. The molecular weight excluding hydrogens is 262 g/mol. The summed E-state index contributed by atoms with van der Waals surface area (Å²) in [5.74, 6) is 0.216. The van der Waals surface area contributed by atoms with Crippen LogP contribution in [0.2, 0.25) is 0 Å². The highest BCUT2D eigenvalue weighted by Crippen LogP contribution is 2.25. The fourth-order valence-corrected chi connectivity index (χ4v) is 2.33. The first-order chi connectivity index (χ1) is 9.65. The van der Waals surface area contributed by atoms with Crippen molar-refractivity contribution >= 4 is 11.9 Å². The van der Waals surface area contributed by atoms with Crippen molar-refractivity contribution in [1.82, 2.24) is 9.97 Å². The highest BCUT2D eigenvalue weighted by molar-refractivity contribution is 5.77. The van der Waals surface area contributed by atoms with Crippen LogP contribution in [0.3, 0.4) is 0 Å². The number of nitrogens with zero attached hydrogens (tertiary/aromatic N) is 3. The quantitative estimate of drug-likeness (QED) is 0.891. The number of hydrogen-bond donors (Lipinski definition) is 1. The molecule has 0 saturated carbocycles. The SMILES string of the molecule is COc1cc(OC)nc(N2CCCCCC2C(=O)O)n1. The second-order valence-electron chi connectivity index (χ2n) is 4.65. The summed E-state index contributed by atoms with van der Waals surface area (Å²) >= 11 is 0. The molecule has 0 aromatic carbocycles. The Hall–Kier alpha value is -2.05. The Morgan fingerprint density at radius 2 is 1.90 bits per heavy atom. The molecule has 1 aliphatic rings. The van der Waals surface area contributed by atoms with Gasteiger partial charge in [-0.15, -0.1) is 0 Å². The van der Waals surface area contributed by atoms with Gasteiger partial charge in [0.25, 0.3) is 0 Å². The van der Waals surface area contributed by atoms with Gasteiger partial charge in [0.15, 0.2) is 0 Å². The Morgan fingerprint density at radius 1 is 1.25 bits per heavy atom. The molecule has 1 atom stereocenters. The van der Waals surface area contributed by atoms with Gasteiger partial charge >= 0.3 is 5.97 Å². The highest BCUT2D eigenvalue weighted by Gasteiger charge is 2.29. The smallest absolute Gasteiger partial charge is 0.326 e. The van der Waals surface area contributed by atoms with Crippen molar-refractivity contribution in [3.8, 4) is 11.8 Å². The second kappa shape index (κ2) is 6.40. The van der Waals surface area contributed by atoms with E-state index in [1.54, 1.807) is 11.0 Å². The van der Waals surface area contributed by atoms with Crippen LogP contribution < -0.4 is 14.4 Å². The third-order valence-corrected chi connectivity index (χ3v) is 3.38. The lowest BCUT2D eigenvalue weighted by Gasteiger charge is -2.27. The number of rotatable bonds is 4. The van der Waals surface area contributed by atoms with Crippen LogP contribution in [0.5, 0.6) is 11.8 Å². The molecule has 2 rings (SSSR count). The highest BCUT2D eigenvalue weighted by atomic mass is 16.5. The van der Waals surface area contributed by atoms with E-state index < -0.39 is 12.0 Å². The minimum Gasteiger partial charge on any atom is -0.481 e. The van der Waals surface area contributed by atoms with Crippen LogP contribution in [0.4, 0.5) is 5.95 Å². The van der Waals surface area contributed by atoms with E-state index in [4.69, 9.17) is 9.47 Å². The lowest BCUT2D eigenvalue weighted by Crippen LogP contribution is -2.41. The number of carbonyl (C=O) groups is 1. The zero-order valence-corrected chi connectivity index (χ0v) is 11.7. The number of aliphatic carboxylic acids is 1. The number of aromatic nitrogens is 2.